The Morgan fingerprint density at radius 3 is 2.63 bits per heavy atom. The number of amides is 2. The van der Waals surface area contributed by atoms with E-state index >= 15 is 0 Å². The van der Waals surface area contributed by atoms with Crippen LogP contribution in [0.5, 0.6) is 0 Å². The first-order valence-electron chi connectivity index (χ1n) is 13.2. The Labute approximate surface area is 208 Å². The highest BCUT2D eigenvalue weighted by Gasteiger charge is 2.45. The molecule has 4 aliphatic rings. The molecule has 192 valence electrons. The second-order valence-electron chi connectivity index (χ2n) is 11.3. The molecule has 8 heteroatoms. The Hall–Kier alpha value is -2.00. The number of hydrogen-bond acceptors (Lipinski definition) is 6. The summed E-state index contributed by atoms with van der Waals surface area (Å²) in [4.78, 5) is 31.9. The molecule has 4 saturated heterocycles. The molecule has 0 aliphatic carbocycles. The van der Waals surface area contributed by atoms with Gasteiger partial charge >= 0.3 is 0 Å². The number of rotatable bonds is 6. The summed E-state index contributed by atoms with van der Waals surface area (Å²) in [5.74, 6) is 0.403. The molecule has 2 N–H and O–H groups in total. The maximum Gasteiger partial charge on any atom is 0.226 e. The zero-order valence-electron chi connectivity index (χ0n) is 21.0. The summed E-state index contributed by atoms with van der Waals surface area (Å²) in [6.45, 7) is 7.63. The number of carbonyl (C=O) groups is 2. The van der Waals surface area contributed by atoms with Crippen LogP contribution in [0.3, 0.4) is 0 Å². The zero-order valence-corrected chi connectivity index (χ0v) is 21.0. The molecule has 2 amide bonds. The first-order valence-corrected chi connectivity index (χ1v) is 13.2. The maximum absolute atomic E-state index is 13.0. The van der Waals surface area contributed by atoms with E-state index in [0.717, 1.165) is 39.1 Å². The average molecular weight is 485 g/mol. The fourth-order valence-corrected chi connectivity index (χ4v) is 6.26. The van der Waals surface area contributed by atoms with Gasteiger partial charge in [0.05, 0.1) is 38.0 Å². The Morgan fingerprint density at radius 1 is 1.17 bits per heavy atom. The number of carbonyl (C=O) groups excluding carboxylic acids is 2. The second-order valence-corrected chi connectivity index (χ2v) is 11.3. The van der Waals surface area contributed by atoms with Gasteiger partial charge < -0.3 is 19.6 Å². The Morgan fingerprint density at radius 2 is 1.94 bits per heavy atom. The average Bonchev–Trinajstić information content (AvgIpc) is 3.51. The van der Waals surface area contributed by atoms with Crippen molar-refractivity contribution in [2.24, 2.45) is 5.41 Å². The first kappa shape index (κ1) is 24.7. The number of benzene rings is 1. The van der Waals surface area contributed by atoms with Crippen LogP contribution in [0, 0.1) is 5.41 Å². The van der Waals surface area contributed by atoms with Gasteiger partial charge in [0.2, 0.25) is 11.8 Å². The zero-order chi connectivity index (χ0) is 24.5. The predicted octanol–water partition coefficient (Wildman–Crippen LogP) is 1.75. The third-order valence-corrected chi connectivity index (χ3v) is 8.71. The van der Waals surface area contributed by atoms with E-state index in [0.29, 0.717) is 52.0 Å². The van der Waals surface area contributed by atoms with E-state index in [1.54, 1.807) is 4.90 Å². The number of aliphatic hydroxyl groups is 1. The smallest absolute Gasteiger partial charge is 0.226 e. The van der Waals surface area contributed by atoms with E-state index in [1.165, 1.54) is 5.56 Å². The number of nitrogens with one attached hydrogen (secondary N) is 1. The van der Waals surface area contributed by atoms with Gasteiger partial charge in [-0.1, -0.05) is 37.3 Å². The van der Waals surface area contributed by atoms with E-state index in [2.05, 4.69) is 29.3 Å². The number of β-amino-alcohol motifs (C(OH)–C–C–N with tert-alkyl or cyclic N) is 1. The van der Waals surface area contributed by atoms with Crippen LogP contribution in [0.25, 0.3) is 0 Å². The molecule has 4 fully saturated rings. The van der Waals surface area contributed by atoms with Crippen molar-refractivity contribution in [3.63, 3.8) is 0 Å². The quantitative estimate of drug-likeness (QED) is 0.640. The van der Waals surface area contributed by atoms with Gasteiger partial charge in [-0.25, -0.2) is 0 Å². The minimum absolute atomic E-state index is 0.0689. The van der Waals surface area contributed by atoms with E-state index in [4.69, 9.17) is 4.74 Å². The highest BCUT2D eigenvalue weighted by atomic mass is 16.5. The van der Waals surface area contributed by atoms with Crippen molar-refractivity contribution in [1.82, 2.24) is 20.0 Å². The van der Waals surface area contributed by atoms with Gasteiger partial charge in [0.1, 0.15) is 0 Å². The molecule has 0 bridgehead atoms. The van der Waals surface area contributed by atoms with Crippen molar-refractivity contribution < 1.29 is 19.4 Å². The molecular weight excluding hydrogens is 444 g/mol. The largest absolute Gasteiger partial charge is 0.388 e. The molecule has 1 spiro atoms. The third kappa shape index (κ3) is 5.56. The van der Waals surface area contributed by atoms with Crippen LogP contribution in [0.1, 0.15) is 56.9 Å². The summed E-state index contributed by atoms with van der Waals surface area (Å²) in [7, 11) is 0. The van der Waals surface area contributed by atoms with Crippen LogP contribution in [0.4, 0.5) is 0 Å². The molecule has 0 radical (unpaired) electrons. The number of piperidine rings is 1. The van der Waals surface area contributed by atoms with Gasteiger partial charge in [0.15, 0.2) is 0 Å². The lowest BCUT2D eigenvalue weighted by Crippen LogP contribution is -2.61. The van der Waals surface area contributed by atoms with Crippen LogP contribution >= 0.6 is 0 Å². The van der Waals surface area contributed by atoms with Crippen molar-refractivity contribution in [2.45, 2.75) is 63.1 Å². The van der Waals surface area contributed by atoms with Crippen LogP contribution in [0.2, 0.25) is 0 Å². The van der Waals surface area contributed by atoms with Gasteiger partial charge in [-0.15, -0.1) is 0 Å². The SMILES string of the molecule is C[C@H](CC(=O)N1CCC(O)(CN2CNC(N3CCC4(CCOC4)C3)CC2=O)CC1)c1ccccc1. The summed E-state index contributed by atoms with van der Waals surface area (Å²) < 4.78 is 5.64. The lowest BCUT2D eigenvalue weighted by Gasteiger charge is -2.44. The van der Waals surface area contributed by atoms with Gasteiger partial charge in [-0.2, -0.15) is 0 Å². The van der Waals surface area contributed by atoms with Crippen LogP contribution in [-0.2, 0) is 14.3 Å². The molecule has 8 nitrogen and oxygen atoms in total. The van der Waals surface area contributed by atoms with Crippen LogP contribution in [-0.4, -0.2) is 96.0 Å². The molecule has 4 heterocycles. The predicted molar refractivity (Wildman–Crippen MR) is 132 cm³/mol. The van der Waals surface area contributed by atoms with Crippen LogP contribution < -0.4 is 5.32 Å². The highest BCUT2D eigenvalue weighted by molar-refractivity contribution is 5.78. The lowest BCUT2D eigenvalue weighted by atomic mass is 9.87. The van der Waals surface area contributed by atoms with Crippen molar-refractivity contribution in [2.75, 3.05) is 52.6 Å². The molecule has 0 saturated carbocycles. The summed E-state index contributed by atoms with van der Waals surface area (Å²) in [6.07, 6.45) is 4.24. The van der Waals surface area contributed by atoms with Crippen molar-refractivity contribution in [3.05, 3.63) is 35.9 Å². The van der Waals surface area contributed by atoms with E-state index in [9.17, 15) is 14.7 Å². The third-order valence-electron chi connectivity index (χ3n) is 8.71. The molecule has 35 heavy (non-hydrogen) atoms. The number of hydrogen-bond donors (Lipinski definition) is 2. The first-order chi connectivity index (χ1) is 16.8. The molecule has 2 unspecified atom stereocenters. The van der Waals surface area contributed by atoms with Gasteiger partial charge in [0.25, 0.3) is 0 Å². The molecule has 5 rings (SSSR count). The lowest BCUT2D eigenvalue weighted by molar-refractivity contribution is -0.146. The second kappa shape index (κ2) is 10.2. The molecule has 0 aromatic heterocycles. The Bertz CT molecular complexity index is 896. The maximum atomic E-state index is 13.0. The fraction of sp³-hybridized carbons (Fsp3) is 0.704. The summed E-state index contributed by atoms with van der Waals surface area (Å²) in [6, 6.07) is 10.1. The Kier molecular flexibility index (Phi) is 7.17. The summed E-state index contributed by atoms with van der Waals surface area (Å²) in [5.41, 5.74) is 0.510. The fourth-order valence-electron chi connectivity index (χ4n) is 6.26. The minimum Gasteiger partial charge on any atom is -0.388 e. The van der Waals surface area contributed by atoms with E-state index in [-0.39, 0.29) is 29.3 Å². The standard InChI is InChI=1S/C27H40N4O4/c1-21(22-5-3-2-4-6-22)15-24(32)29-12-8-27(34,9-13-29)18-31-20-28-23(16-25(31)33)30-11-7-26(17-30)10-14-35-19-26/h2-6,21,23,28,34H,7-20H2,1H3/t21-,23?,26?/m1/s1. The van der Waals surface area contributed by atoms with Gasteiger partial charge in [-0.05, 0) is 37.2 Å². The monoisotopic (exact) mass is 484 g/mol. The Balaban J connectivity index is 1.07. The number of nitrogens with zero attached hydrogens (tertiary/aromatic N) is 3. The molecule has 1 aromatic rings. The topological polar surface area (TPSA) is 85.4 Å². The van der Waals surface area contributed by atoms with Crippen molar-refractivity contribution in [3.8, 4) is 0 Å². The van der Waals surface area contributed by atoms with Crippen molar-refractivity contribution >= 4 is 11.8 Å². The normalized spacial score (nSPS) is 30.2. The van der Waals surface area contributed by atoms with Gasteiger partial charge in [0, 0.05) is 44.6 Å². The number of likely N-dealkylation sites (tertiary alicyclic amines) is 2. The molecule has 1 aromatic carbocycles. The van der Waals surface area contributed by atoms with Gasteiger partial charge in [-0.3, -0.25) is 19.8 Å². The molecule has 3 atom stereocenters. The number of ether oxygens (including phenoxy) is 1. The van der Waals surface area contributed by atoms with E-state index < -0.39 is 5.60 Å². The summed E-state index contributed by atoms with van der Waals surface area (Å²) in [5, 5.41) is 14.8. The molecule has 4 aliphatic heterocycles. The van der Waals surface area contributed by atoms with Crippen molar-refractivity contribution in [1.29, 1.82) is 0 Å². The summed E-state index contributed by atoms with van der Waals surface area (Å²) >= 11 is 0. The highest BCUT2D eigenvalue weighted by Crippen LogP contribution is 2.39. The van der Waals surface area contributed by atoms with Crippen LogP contribution in [0.15, 0.2) is 30.3 Å². The minimum atomic E-state index is -0.940. The van der Waals surface area contributed by atoms with E-state index in [1.807, 2.05) is 23.1 Å². The molecular formula is C27H40N4O4.